The number of aromatic carboxylic acids is 1. The molecule has 0 saturated carbocycles. The Labute approximate surface area is 154 Å². The summed E-state index contributed by atoms with van der Waals surface area (Å²) in [6.07, 6.45) is 4.61. The van der Waals surface area contributed by atoms with E-state index in [4.69, 9.17) is 0 Å². The quantitative estimate of drug-likeness (QED) is 0.823. The highest BCUT2D eigenvalue weighted by Gasteiger charge is 2.17. The molecule has 1 aliphatic carbocycles. The second-order valence-corrected chi connectivity index (χ2v) is 7.11. The predicted octanol–water partition coefficient (Wildman–Crippen LogP) is 4.65. The molecule has 0 saturated heterocycles. The molecule has 4 nitrogen and oxygen atoms in total. The highest BCUT2D eigenvalue weighted by molar-refractivity contribution is 5.94. The first-order chi connectivity index (χ1) is 12.5. The lowest BCUT2D eigenvalue weighted by atomic mass is 9.86. The third kappa shape index (κ3) is 3.81. The van der Waals surface area contributed by atoms with E-state index in [1.54, 1.807) is 12.1 Å². The van der Waals surface area contributed by atoms with E-state index in [1.807, 2.05) is 12.1 Å². The third-order valence-corrected chi connectivity index (χ3v) is 4.88. The summed E-state index contributed by atoms with van der Waals surface area (Å²) in [5.74, 6) is -1.30. The Balaban J connectivity index is 2.05. The van der Waals surface area contributed by atoms with Crippen molar-refractivity contribution in [3.8, 4) is 16.9 Å². The van der Waals surface area contributed by atoms with Gasteiger partial charge >= 0.3 is 5.97 Å². The minimum absolute atomic E-state index is 0.0712. The Morgan fingerprint density at radius 1 is 1.04 bits per heavy atom. The van der Waals surface area contributed by atoms with Gasteiger partial charge in [0.25, 0.3) is 0 Å². The molecule has 0 atom stereocenters. The van der Waals surface area contributed by atoms with Crippen molar-refractivity contribution in [2.75, 3.05) is 20.6 Å². The van der Waals surface area contributed by atoms with E-state index >= 15 is 0 Å². The van der Waals surface area contributed by atoms with Gasteiger partial charge in [0.2, 0.25) is 0 Å². The van der Waals surface area contributed by atoms with E-state index in [0.29, 0.717) is 5.56 Å². The lowest BCUT2D eigenvalue weighted by Crippen LogP contribution is -2.17. The summed E-state index contributed by atoms with van der Waals surface area (Å²) in [7, 11) is 4.18. The number of rotatable bonds is 5. The smallest absolute Gasteiger partial charge is 0.339 e. The van der Waals surface area contributed by atoms with Crippen molar-refractivity contribution < 1.29 is 15.0 Å². The lowest BCUT2D eigenvalue weighted by Gasteiger charge is -2.24. The Bertz CT molecular complexity index is 852. The van der Waals surface area contributed by atoms with Gasteiger partial charge in [0.05, 0.1) is 0 Å². The van der Waals surface area contributed by atoms with Crippen LogP contribution >= 0.6 is 0 Å². The number of carboxylic acids is 1. The van der Waals surface area contributed by atoms with Crippen LogP contribution in [0.3, 0.4) is 0 Å². The van der Waals surface area contributed by atoms with Gasteiger partial charge in [-0.05, 0) is 68.6 Å². The molecule has 0 spiro atoms. The van der Waals surface area contributed by atoms with E-state index in [9.17, 15) is 15.0 Å². The molecule has 136 valence electrons. The van der Waals surface area contributed by atoms with E-state index in [0.717, 1.165) is 24.9 Å². The van der Waals surface area contributed by atoms with E-state index < -0.39 is 5.97 Å². The minimum atomic E-state index is -1.12. The number of para-hydroxylation sites is 1. The molecule has 0 aliphatic heterocycles. The zero-order chi connectivity index (χ0) is 18.7. The lowest BCUT2D eigenvalue weighted by molar-refractivity contribution is 0.0694. The Morgan fingerprint density at radius 2 is 1.73 bits per heavy atom. The van der Waals surface area contributed by atoms with Crippen LogP contribution in [0.1, 0.15) is 41.6 Å². The summed E-state index contributed by atoms with van der Waals surface area (Å²) < 4.78 is 0. The second-order valence-electron chi connectivity index (χ2n) is 7.11. The number of hydrogen-bond acceptors (Lipinski definition) is 3. The minimum Gasteiger partial charge on any atom is -0.506 e. The van der Waals surface area contributed by atoms with E-state index in [1.165, 1.54) is 35.6 Å². The molecule has 2 aromatic rings. The number of hydrogen-bond donors (Lipinski definition) is 2. The fraction of sp³-hybridized carbons (Fsp3) is 0.318. The SMILES string of the molecule is CN(C)CC1=C(c2cccc(-c3cccc(C(=O)O)c3O)c2)CCCC1. The van der Waals surface area contributed by atoms with Crippen molar-refractivity contribution in [2.24, 2.45) is 0 Å². The van der Waals surface area contributed by atoms with Crippen molar-refractivity contribution >= 4 is 11.5 Å². The van der Waals surface area contributed by atoms with Gasteiger partial charge < -0.3 is 15.1 Å². The van der Waals surface area contributed by atoms with Gasteiger partial charge in [-0.3, -0.25) is 0 Å². The van der Waals surface area contributed by atoms with Crippen LogP contribution in [0.4, 0.5) is 0 Å². The number of benzene rings is 2. The second kappa shape index (κ2) is 7.75. The fourth-order valence-electron chi connectivity index (χ4n) is 3.70. The molecule has 0 fully saturated rings. The van der Waals surface area contributed by atoms with Crippen LogP contribution in [0.15, 0.2) is 48.0 Å². The molecule has 4 heteroatoms. The largest absolute Gasteiger partial charge is 0.506 e. The van der Waals surface area contributed by atoms with Gasteiger partial charge in [0.15, 0.2) is 0 Å². The van der Waals surface area contributed by atoms with Crippen LogP contribution in [0.25, 0.3) is 16.7 Å². The number of carbonyl (C=O) groups is 1. The molecule has 0 bridgehead atoms. The number of allylic oxidation sites excluding steroid dienone is 1. The van der Waals surface area contributed by atoms with Gasteiger partial charge in [-0.2, -0.15) is 0 Å². The number of carboxylic acid groups (broad SMARTS) is 1. The first kappa shape index (κ1) is 18.2. The van der Waals surface area contributed by atoms with Crippen molar-refractivity contribution in [1.82, 2.24) is 4.90 Å². The zero-order valence-corrected chi connectivity index (χ0v) is 15.3. The summed E-state index contributed by atoms with van der Waals surface area (Å²) in [6.45, 7) is 0.958. The maximum absolute atomic E-state index is 11.3. The molecule has 0 radical (unpaired) electrons. The first-order valence-electron chi connectivity index (χ1n) is 8.99. The molecule has 0 unspecified atom stereocenters. The van der Waals surface area contributed by atoms with Crippen LogP contribution in [0, 0.1) is 0 Å². The molecule has 3 rings (SSSR count). The molecule has 0 aromatic heterocycles. The highest BCUT2D eigenvalue weighted by Crippen LogP contribution is 2.37. The first-order valence-corrected chi connectivity index (χ1v) is 8.99. The average molecular weight is 351 g/mol. The summed E-state index contributed by atoms with van der Waals surface area (Å²) in [5, 5.41) is 19.6. The molecule has 2 aromatic carbocycles. The predicted molar refractivity (Wildman–Crippen MR) is 104 cm³/mol. The Morgan fingerprint density at radius 3 is 2.46 bits per heavy atom. The fourth-order valence-corrected chi connectivity index (χ4v) is 3.70. The van der Waals surface area contributed by atoms with Gasteiger partial charge in [-0.25, -0.2) is 4.79 Å². The van der Waals surface area contributed by atoms with Crippen LogP contribution in [0.2, 0.25) is 0 Å². The molecule has 1 aliphatic rings. The zero-order valence-electron chi connectivity index (χ0n) is 15.3. The third-order valence-electron chi connectivity index (χ3n) is 4.88. The summed E-state index contributed by atoms with van der Waals surface area (Å²) in [4.78, 5) is 13.5. The van der Waals surface area contributed by atoms with Crippen LogP contribution in [-0.2, 0) is 0 Å². The van der Waals surface area contributed by atoms with Crippen molar-refractivity contribution in [3.63, 3.8) is 0 Å². The maximum Gasteiger partial charge on any atom is 0.339 e. The van der Waals surface area contributed by atoms with Gasteiger partial charge in [-0.15, -0.1) is 0 Å². The molecule has 26 heavy (non-hydrogen) atoms. The normalized spacial score (nSPS) is 14.7. The number of likely N-dealkylation sites (N-methyl/N-ethyl adjacent to an activating group) is 1. The molecule has 2 N–H and O–H groups in total. The average Bonchev–Trinajstić information content (AvgIpc) is 2.62. The molecular weight excluding hydrogens is 326 g/mol. The molecular formula is C22H25NO3. The highest BCUT2D eigenvalue weighted by atomic mass is 16.4. The Hall–Kier alpha value is -2.59. The summed E-state index contributed by atoms with van der Waals surface area (Å²) >= 11 is 0. The topological polar surface area (TPSA) is 60.8 Å². The summed E-state index contributed by atoms with van der Waals surface area (Å²) in [5.41, 5.74) is 5.35. The monoisotopic (exact) mass is 351 g/mol. The summed E-state index contributed by atoms with van der Waals surface area (Å²) in [6, 6.07) is 12.9. The van der Waals surface area contributed by atoms with Crippen LogP contribution in [0.5, 0.6) is 5.75 Å². The van der Waals surface area contributed by atoms with Crippen LogP contribution < -0.4 is 0 Å². The van der Waals surface area contributed by atoms with Gasteiger partial charge in [-0.1, -0.05) is 35.9 Å². The van der Waals surface area contributed by atoms with Gasteiger partial charge in [0.1, 0.15) is 11.3 Å². The maximum atomic E-state index is 11.3. The molecule has 0 amide bonds. The van der Waals surface area contributed by atoms with Crippen molar-refractivity contribution in [3.05, 3.63) is 59.2 Å². The van der Waals surface area contributed by atoms with Crippen molar-refractivity contribution in [2.45, 2.75) is 25.7 Å². The van der Waals surface area contributed by atoms with Gasteiger partial charge in [0, 0.05) is 12.1 Å². The van der Waals surface area contributed by atoms with Crippen molar-refractivity contribution in [1.29, 1.82) is 0 Å². The Kier molecular flexibility index (Phi) is 5.43. The van der Waals surface area contributed by atoms with Crippen LogP contribution in [-0.4, -0.2) is 41.7 Å². The standard InChI is InChI=1S/C22H25NO3/c1-23(2)14-17-7-3-4-10-18(17)15-8-5-9-16(13-15)19-11-6-12-20(21(19)24)22(25)26/h5-6,8-9,11-13,24H,3-4,7,10,14H2,1-2H3,(H,25,26). The number of aromatic hydroxyl groups is 1. The van der Waals surface area contributed by atoms with E-state index in [-0.39, 0.29) is 11.3 Å². The molecule has 0 heterocycles. The number of nitrogens with zero attached hydrogens (tertiary/aromatic N) is 1. The number of phenols is 1. The van der Waals surface area contributed by atoms with E-state index in [2.05, 4.69) is 31.1 Å².